The van der Waals surface area contributed by atoms with Crippen LogP contribution in [0.25, 0.3) is 0 Å². The van der Waals surface area contributed by atoms with Gasteiger partial charge >= 0.3 is 5.97 Å². The van der Waals surface area contributed by atoms with E-state index in [2.05, 4.69) is 33.8 Å². The lowest BCUT2D eigenvalue weighted by Gasteiger charge is -2.72. The van der Waals surface area contributed by atoms with Crippen LogP contribution in [0.1, 0.15) is 92.9 Å². The van der Waals surface area contributed by atoms with Crippen LogP contribution in [0.3, 0.4) is 0 Å². The van der Waals surface area contributed by atoms with E-state index in [1.807, 2.05) is 6.92 Å². The number of carbonyl (C=O) groups is 1. The minimum absolute atomic E-state index is 0.0767. The summed E-state index contributed by atoms with van der Waals surface area (Å²) in [7, 11) is 0. The van der Waals surface area contributed by atoms with Gasteiger partial charge in [0.15, 0.2) is 31.3 Å². The Hall–Kier alpha value is -1.83. The van der Waals surface area contributed by atoms with Crippen LogP contribution in [0, 0.1) is 50.2 Å². The quantitative estimate of drug-likeness (QED) is 0.0439. The molecule has 0 amide bonds. The van der Waals surface area contributed by atoms with E-state index in [0.717, 1.165) is 5.57 Å². The van der Waals surface area contributed by atoms with Crippen LogP contribution in [0.15, 0.2) is 11.6 Å². The van der Waals surface area contributed by atoms with Crippen molar-refractivity contribution in [1.29, 1.82) is 0 Å². The number of fused-ring (bicyclic) bond motifs is 7. The molecule has 0 aromatic heterocycles. The zero-order valence-electron chi connectivity index (χ0n) is 48.8. The van der Waals surface area contributed by atoms with Crippen LogP contribution in [0.5, 0.6) is 0 Å². The lowest BCUT2D eigenvalue weighted by Crippen LogP contribution is -2.71. The Bertz CT molecular complexity index is 2380. The van der Waals surface area contributed by atoms with Gasteiger partial charge in [-0.2, -0.15) is 0 Å². The number of hydrogen-bond donors (Lipinski definition) is 17. The fourth-order valence-electron chi connectivity index (χ4n) is 17.4. The lowest BCUT2D eigenvalue weighted by molar-refractivity contribution is -0.372. The summed E-state index contributed by atoms with van der Waals surface area (Å²) < 4.78 is 58.5. The van der Waals surface area contributed by atoms with Crippen molar-refractivity contribution >= 4 is 5.97 Å². The standard InChI is InChI=1S/C57H92O28/c1-23-40(81-45-39(72)41(28(64)18-76-45)82-49-43(73)56(75,21-61)22-78-49)36(69)38(71)46(79-23)83-42-33(66)27(63)17-77-48(42)85-50(74)57-12-11-51(2,3)13-25(57)24-7-8-30-52(4)14-26(62)44(84-47-37(70)35(68)34(67)29(16-58)80-47)55(19-59,20-60)31(52)9-10-53(30,5)54(24,6)15-32(57)65/h7,23,25-49,58-73,75H,8-22H2,1-6H3/t23-,25-,26-,27-,28+,29+,30?,31?,32+,33-,34+,35-,36-,37+,38+,39+,40-,41-,42+,43-,44-,45-,46-,47-,48-,49-,52+,53+,54+,56+,57+/m0/s1. The first-order valence-corrected chi connectivity index (χ1v) is 29.9. The molecule has 5 aliphatic carbocycles. The van der Waals surface area contributed by atoms with Crippen molar-refractivity contribution in [3.8, 4) is 0 Å². The summed E-state index contributed by atoms with van der Waals surface area (Å²) >= 11 is 0. The predicted molar refractivity (Wildman–Crippen MR) is 282 cm³/mol. The minimum Gasteiger partial charge on any atom is -0.432 e. The zero-order chi connectivity index (χ0) is 62.1. The second-order valence-electron chi connectivity index (χ2n) is 27.9. The van der Waals surface area contributed by atoms with E-state index < -0.39 is 238 Å². The maximum absolute atomic E-state index is 15.4. The van der Waals surface area contributed by atoms with E-state index in [-0.39, 0.29) is 30.6 Å². The SMILES string of the molecule is C[C@@H]1O[C@@H](O[C@H]2[C@H](OC(=O)[C@]34CCC(C)(C)C[C@H]3C3=CCC5[C@@]6(C)C[C@H](O)[C@H](O[C@@H]7O[C@H](CO)[C@@H](O)[C@H](O)[C@H]7O)C(CO)(CO)C6CC[C@@]5(C)[C@]3(C)C[C@H]4O)OC[C@H](O)[C@@H]2O)[C@H](O)[C@H](O)[C@H]1O[C@@H]1OC[C@@H](O)[C@H](O[C@@H]2OC[C@](O)(CO)[C@H]2O)[C@H]1O. The highest BCUT2D eigenvalue weighted by Gasteiger charge is 2.74. The number of esters is 1. The summed E-state index contributed by atoms with van der Waals surface area (Å²) in [5, 5.41) is 188. The number of ether oxygens (including phenoxy) is 10. The topological polar surface area (TPSA) is 453 Å². The van der Waals surface area contributed by atoms with Crippen molar-refractivity contribution in [3.63, 3.8) is 0 Å². The Morgan fingerprint density at radius 1 is 0.600 bits per heavy atom. The maximum Gasteiger partial charge on any atom is 0.317 e. The van der Waals surface area contributed by atoms with Gasteiger partial charge in [0, 0.05) is 5.41 Å². The molecule has 0 aromatic rings. The van der Waals surface area contributed by atoms with Crippen LogP contribution < -0.4 is 0 Å². The Morgan fingerprint density at radius 3 is 1.89 bits per heavy atom. The molecule has 28 heteroatoms. The summed E-state index contributed by atoms with van der Waals surface area (Å²) in [5.74, 6) is -2.25. The van der Waals surface area contributed by atoms with Gasteiger partial charge in [-0.15, -0.1) is 0 Å². The number of rotatable bonds is 14. The van der Waals surface area contributed by atoms with E-state index in [9.17, 15) is 86.8 Å². The van der Waals surface area contributed by atoms with Crippen LogP contribution in [0.4, 0.5) is 0 Å². The molecule has 0 spiro atoms. The van der Waals surface area contributed by atoms with Gasteiger partial charge in [0.1, 0.15) is 90.4 Å². The molecule has 0 radical (unpaired) electrons. The van der Waals surface area contributed by atoms with Crippen molar-refractivity contribution < 1.29 is 139 Å². The molecular formula is C57H92O28. The Labute approximate surface area is 491 Å². The molecule has 0 bridgehead atoms. The van der Waals surface area contributed by atoms with Crippen molar-refractivity contribution in [1.82, 2.24) is 0 Å². The molecule has 31 atom stereocenters. The van der Waals surface area contributed by atoms with E-state index in [4.69, 9.17) is 47.4 Å². The fourth-order valence-corrected chi connectivity index (χ4v) is 17.4. The van der Waals surface area contributed by atoms with Gasteiger partial charge in [-0.1, -0.05) is 46.3 Å². The fraction of sp³-hybridized carbons (Fsp3) is 0.947. The molecule has 2 unspecified atom stereocenters. The summed E-state index contributed by atoms with van der Waals surface area (Å²) in [5.41, 5.74) is -6.87. The molecule has 17 N–H and O–H groups in total. The molecule has 488 valence electrons. The van der Waals surface area contributed by atoms with Gasteiger partial charge in [-0.3, -0.25) is 4.79 Å². The third kappa shape index (κ3) is 10.6. The van der Waals surface area contributed by atoms with Gasteiger partial charge < -0.3 is 134 Å². The van der Waals surface area contributed by atoms with E-state index >= 15 is 4.79 Å². The lowest BCUT2D eigenvalue weighted by atomic mass is 9.33. The minimum atomic E-state index is -2.08. The number of hydrogen-bond acceptors (Lipinski definition) is 28. The average molecular weight is 1230 g/mol. The van der Waals surface area contributed by atoms with E-state index in [0.29, 0.717) is 32.1 Å². The summed E-state index contributed by atoms with van der Waals surface area (Å²) in [6.07, 6.45) is -32.8. The van der Waals surface area contributed by atoms with Gasteiger partial charge in [0.05, 0.1) is 70.7 Å². The molecule has 0 aromatic carbocycles. The van der Waals surface area contributed by atoms with Gasteiger partial charge in [0.2, 0.25) is 6.29 Å². The third-order valence-electron chi connectivity index (χ3n) is 22.6. The molecule has 85 heavy (non-hydrogen) atoms. The van der Waals surface area contributed by atoms with Crippen LogP contribution >= 0.6 is 0 Å². The first-order chi connectivity index (χ1) is 39.9. The van der Waals surface area contributed by atoms with Gasteiger partial charge in [-0.05, 0) is 97.7 Å². The van der Waals surface area contributed by atoms with Crippen molar-refractivity contribution in [2.24, 2.45) is 50.2 Å². The largest absolute Gasteiger partial charge is 0.432 e. The molecule has 5 saturated heterocycles. The van der Waals surface area contributed by atoms with Crippen molar-refractivity contribution in [2.45, 2.75) is 240 Å². The smallest absolute Gasteiger partial charge is 0.317 e. The molecule has 4 saturated carbocycles. The number of carbonyl (C=O) groups excluding carboxylic acids is 1. The van der Waals surface area contributed by atoms with Crippen LogP contribution in [-0.4, -0.2) is 286 Å². The van der Waals surface area contributed by atoms with Gasteiger partial charge in [-0.25, -0.2) is 0 Å². The molecule has 5 aliphatic heterocycles. The average Bonchev–Trinajstić information content (AvgIpc) is 0.951. The summed E-state index contributed by atoms with van der Waals surface area (Å²) in [6, 6.07) is 0. The first kappa shape index (κ1) is 66.1. The van der Waals surface area contributed by atoms with E-state index in [1.54, 1.807) is 0 Å². The Morgan fingerprint density at radius 2 is 1.24 bits per heavy atom. The second kappa shape index (κ2) is 24.0. The van der Waals surface area contributed by atoms with E-state index in [1.165, 1.54) is 6.92 Å². The highest BCUT2D eigenvalue weighted by molar-refractivity contribution is 5.80. The number of aliphatic hydroxyl groups is 17. The summed E-state index contributed by atoms with van der Waals surface area (Å²) in [6.45, 7) is 7.41. The third-order valence-corrected chi connectivity index (χ3v) is 22.6. The van der Waals surface area contributed by atoms with Crippen LogP contribution in [0.2, 0.25) is 0 Å². The highest BCUT2D eigenvalue weighted by Crippen LogP contribution is 2.76. The molecule has 10 rings (SSSR count). The predicted octanol–water partition coefficient (Wildman–Crippen LogP) is -5.38. The Balaban J connectivity index is 0.864. The molecule has 5 heterocycles. The number of aliphatic hydroxyl groups excluding tert-OH is 16. The first-order valence-electron chi connectivity index (χ1n) is 29.9. The highest BCUT2D eigenvalue weighted by atomic mass is 16.8. The number of allylic oxidation sites excluding steroid dienone is 2. The molecule has 28 nitrogen and oxygen atoms in total. The summed E-state index contributed by atoms with van der Waals surface area (Å²) in [4.78, 5) is 15.4. The molecule has 10 aliphatic rings. The monoisotopic (exact) mass is 1220 g/mol. The van der Waals surface area contributed by atoms with Crippen LogP contribution in [-0.2, 0) is 52.2 Å². The Kier molecular flexibility index (Phi) is 18.7. The van der Waals surface area contributed by atoms with Gasteiger partial charge in [0.25, 0.3) is 0 Å². The van der Waals surface area contributed by atoms with Crippen molar-refractivity contribution in [2.75, 3.05) is 46.2 Å². The molecule has 9 fully saturated rings. The normalized spacial score (nSPS) is 54.0. The molecular weight excluding hydrogens is 1130 g/mol. The van der Waals surface area contributed by atoms with Crippen molar-refractivity contribution in [3.05, 3.63) is 11.6 Å². The maximum atomic E-state index is 15.4. The second-order valence-corrected chi connectivity index (χ2v) is 27.9. The zero-order valence-corrected chi connectivity index (χ0v) is 48.8.